The monoisotopic (exact) mass is 472 g/mol. The summed E-state index contributed by atoms with van der Waals surface area (Å²) in [5.41, 5.74) is 0.718. The van der Waals surface area contributed by atoms with E-state index in [-0.39, 0.29) is 21.6 Å². The first-order valence-corrected chi connectivity index (χ1v) is 12.0. The molecule has 4 rings (SSSR count). The Labute approximate surface area is 191 Å². The number of esters is 1. The predicted molar refractivity (Wildman–Crippen MR) is 119 cm³/mol. The fourth-order valence-corrected chi connectivity index (χ4v) is 5.48. The Bertz CT molecular complexity index is 1330. The van der Waals surface area contributed by atoms with Crippen molar-refractivity contribution in [3.8, 4) is 11.5 Å². The summed E-state index contributed by atoms with van der Waals surface area (Å²) in [6.45, 7) is 4.93. The Hall–Kier alpha value is -3.37. The van der Waals surface area contributed by atoms with Crippen LogP contribution in [-0.4, -0.2) is 45.3 Å². The van der Waals surface area contributed by atoms with E-state index in [9.17, 15) is 18.0 Å². The maximum atomic E-state index is 13.8. The average molecular weight is 473 g/mol. The lowest BCUT2D eigenvalue weighted by Crippen LogP contribution is -2.33. The van der Waals surface area contributed by atoms with Crippen LogP contribution in [0.25, 0.3) is 10.9 Å². The number of sulfone groups is 1. The summed E-state index contributed by atoms with van der Waals surface area (Å²) in [7, 11) is -2.30. The second kappa shape index (κ2) is 8.87. The van der Waals surface area contributed by atoms with Crippen LogP contribution in [0.2, 0.25) is 0 Å². The second-order valence-corrected chi connectivity index (χ2v) is 9.73. The lowest BCUT2D eigenvalue weighted by Gasteiger charge is -2.14. The lowest BCUT2D eigenvalue weighted by molar-refractivity contribution is -0.162. The van der Waals surface area contributed by atoms with Crippen molar-refractivity contribution in [1.29, 1.82) is 0 Å². The molecule has 4 bridgehead atoms. The normalized spacial score (nSPS) is 13.7. The van der Waals surface area contributed by atoms with E-state index in [0.29, 0.717) is 28.8 Å². The van der Waals surface area contributed by atoms with Crippen LogP contribution in [0.4, 0.5) is 0 Å². The van der Waals surface area contributed by atoms with Crippen molar-refractivity contribution in [2.75, 3.05) is 20.2 Å². The number of nitrogens with one attached hydrogen (secondary N) is 1. The van der Waals surface area contributed by atoms with E-state index < -0.39 is 21.8 Å². The summed E-state index contributed by atoms with van der Waals surface area (Å²) < 4.78 is 39.3. The van der Waals surface area contributed by atoms with E-state index in [4.69, 9.17) is 14.3 Å². The van der Waals surface area contributed by atoms with Crippen LogP contribution in [0, 0.1) is 0 Å². The van der Waals surface area contributed by atoms with E-state index >= 15 is 0 Å². The third-order valence-corrected chi connectivity index (χ3v) is 7.04. The molecule has 0 fully saturated rings. The largest absolute Gasteiger partial charge is 0.494 e. The van der Waals surface area contributed by atoms with Gasteiger partial charge in [-0.1, -0.05) is 19.9 Å². The number of hydrogen-bond donors (Lipinski definition) is 1. The van der Waals surface area contributed by atoms with Gasteiger partial charge in [0.2, 0.25) is 9.84 Å². The van der Waals surface area contributed by atoms with Crippen molar-refractivity contribution in [3.63, 3.8) is 0 Å². The molecule has 2 aromatic carbocycles. The summed E-state index contributed by atoms with van der Waals surface area (Å²) in [5.74, 6) is -2.17. The Kier molecular flexibility index (Phi) is 6.13. The van der Waals surface area contributed by atoms with Crippen LogP contribution < -0.4 is 19.6 Å². The van der Waals surface area contributed by atoms with E-state index in [1.165, 1.54) is 18.2 Å². The van der Waals surface area contributed by atoms with Crippen molar-refractivity contribution in [1.82, 2.24) is 10.0 Å². The topological polar surface area (TPSA) is 113 Å². The van der Waals surface area contributed by atoms with Gasteiger partial charge in [0.1, 0.15) is 11.5 Å². The van der Waals surface area contributed by atoms with E-state index in [0.717, 1.165) is 17.7 Å². The van der Waals surface area contributed by atoms with Gasteiger partial charge in [-0.3, -0.25) is 0 Å². The second-order valence-electron chi connectivity index (χ2n) is 7.87. The Morgan fingerprint density at radius 2 is 1.79 bits per heavy atom. The molecule has 174 valence electrons. The molecular formula is C23H24N2O7S. The maximum Gasteiger partial charge on any atom is 0.442 e. The minimum Gasteiger partial charge on any atom is -0.494 e. The molecule has 0 saturated carbocycles. The van der Waals surface area contributed by atoms with E-state index in [1.807, 2.05) is 20.9 Å². The third kappa shape index (κ3) is 4.07. The van der Waals surface area contributed by atoms with Gasteiger partial charge in [0.05, 0.1) is 22.4 Å². The zero-order chi connectivity index (χ0) is 23.8. The molecule has 10 heteroatoms. The molecular weight excluding hydrogens is 448 g/mol. The number of carbonyl (C=O) groups is 2. The Balaban J connectivity index is 1.84. The van der Waals surface area contributed by atoms with Gasteiger partial charge >= 0.3 is 11.9 Å². The van der Waals surface area contributed by atoms with E-state index in [2.05, 4.69) is 5.32 Å². The van der Waals surface area contributed by atoms with Crippen LogP contribution in [0.3, 0.4) is 0 Å². The number of rotatable bonds is 8. The molecule has 0 aliphatic carbocycles. The quantitative estimate of drug-likeness (QED) is 0.230. The zero-order valence-electron chi connectivity index (χ0n) is 18.5. The minimum absolute atomic E-state index is 0.000113. The van der Waals surface area contributed by atoms with Crippen LogP contribution >= 0.6 is 0 Å². The highest BCUT2D eigenvalue weighted by molar-refractivity contribution is 7.91. The molecule has 1 aliphatic heterocycles. The molecule has 2 heterocycles. The third-order valence-electron chi connectivity index (χ3n) is 5.26. The van der Waals surface area contributed by atoms with Gasteiger partial charge in [-0.2, -0.15) is 4.73 Å². The molecule has 9 nitrogen and oxygen atoms in total. The van der Waals surface area contributed by atoms with Crippen LogP contribution in [0.5, 0.6) is 11.5 Å². The molecule has 0 saturated heterocycles. The summed E-state index contributed by atoms with van der Waals surface area (Å²) in [6.07, 6.45) is 0.808. The highest BCUT2D eigenvalue weighted by Gasteiger charge is 2.37. The smallest absolute Gasteiger partial charge is 0.442 e. The minimum atomic E-state index is -4.15. The molecule has 0 radical (unpaired) electrons. The molecule has 0 amide bonds. The lowest BCUT2D eigenvalue weighted by atomic mass is 10.0. The van der Waals surface area contributed by atoms with Crippen molar-refractivity contribution < 1.29 is 32.3 Å². The SMILES string of the molecule is CNCCCOc1ccc(S(=O)(=O)c2c(C(C)C)c3c4cccc3n2OC(=O)C(=O)O4)cc1. The highest BCUT2D eigenvalue weighted by Crippen LogP contribution is 2.42. The van der Waals surface area contributed by atoms with Gasteiger partial charge in [-0.05, 0) is 62.3 Å². The standard InChI is InChI=1S/C23H24N2O7S/c1-14(2)19-20-17-6-4-7-18(20)31-22(26)23(27)32-25(17)21(19)33(28,29)16-10-8-15(9-11-16)30-13-5-12-24-3/h4,6-11,14,24H,5,12-13H2,1-3H3. The number of nitrogens with zero attached hydrogens (tertiary/aromatic N) is 1. The summed E-state index contributed by atoms with van der Waals surface area (Å²) in [5, 5.41) is 3.23. The highest BCUT2D eigenvalue weighted by atomic mass is 32.2. The molecule has 1 N–H and O–H groups in total. The summed E-state index contributed by atoms with van der Waals surface area (Å²) in [6, 6.07) is 10.8. The first kappa shape index (κ1) is 22.8. The molecule has 3 aromatic rings. The molecule has 1 aromatic heterocycles. The van der Waals surface area contributed by atoms with Crippen LogP contribution in [-0.2, 0) is 19.4 Å². The van der Waals surface area contributed by atoms with Crippen molar-refractivity contribution in [3.05, 3.63) is 48.0 Å². The predicted octanol–water partition coefficient (Wildman–Crippen LogP) is 2.46. The van der Waals surface area contributed by atoms with Gasteiger partial charge < -0.3 is 19.6 Å². The number of hydrogen-bond acceptors (Lipinski definition) is 8. The fourth-order valence-electron chi connectivity index (χ4n) is 3.78. The first-order chi connectivity index (χ1) is 15.8. The van der Waals surface area contributed by atoms with Gasteiger partial charge in [0.25, 0.3) is 0 Å². The zero-order valence-corrected chi connectivity index (χ0v) is 19.3. The molecule has 0 spiro atoms. The Morgan fingerprint density at radius 1 is 1.06 bits per heavy atom. The van der Waals surface area contributed by atoms with Gasteiger partial charge in [0.15, 0.2) is 5.03 Å². The van der Waals surface area contributed by atoms with Crippen molar-refractivity contribution >= 4 is 32.7 Å². The number of ether oxygens (including phenoxy) is 2. The van der Waals surface area contributed by atoms with Crippen molar-refractivity contribution in [2.45, 2.75) is 36.1 Å². The molecule has 33 heavy (non-hydrogen) atoms. The summed E-state index contributed by atoms with van der Waals surface area (Å²) >= 11 is 0. The van der Waals surface area contributed by atoms with Gasteiger partial charge in [-0.25, -0.2) is 18.0 Å². The molecule has 1 aliphatic rings. The Morgan fingerprint density at radius 3 is 2.45 bits per heavy atom. The van der Waals surface area contributed by atoms with Crippen LogP contribution in [0.1, 0.15) is 31.7 Å². The molecule has 0 unspecified atom stereocenters. The van der Waals surface area contributed by atoms with E-state index in [1.54, 1.807) is 24.3 Å². The summed E-state index contributed by atoms with van der Waals surface area (Å²) in [4.78, 5) is 29.5. The van der Waals surface area contributed by atoms with Crippen molar-refractivity contribution in [2.24, 2.45) is 0 Å². The molecule has 0 atom stereocenters. The van der Waals surface area contributed by atoms with Gasteiger partial charge in [-0.15, -0.1) is 0 Å². The maximum absolute atomic E-state index is 13.8. The fraction of sp³-hybridized carbons (Fsp3) is 0.304. The van der Waals surface area contributed by atoms with Crippen LogP contribution in [0.15, 0.2) is 52.4 Å². The average Bonchev–Trinajstić information content (AvgIpc) is 3.14. The first-order valence-electron chi connectivity index (χ1n) is 10.5. The number of aromatic nitrogens is 1. The number of carbonyl (C=O) groups excluding carboxylic acids is 2. The van der Waals surface area contributed by atoms with Gasteiger partial charge in [0, 0.05) is 5.56 Å². The number of benzene rings is 2.